The van der Waals surface area contributed by atoms with E-state index in [1.165, 1.54) is 0 Å². The maximum absolute atomic E-state index is 10.7. The molecule has 0 atom stereocenters. The molecule has 1 heterocycles. The fraction of sp³-hybridized carbons (Fsp3) is 0.500. The number of anilines is 1. The molecule has 88 valence electrons. The molecule has 0 spiro atoms. The van der Waals surface area contributed by atoms with Gasteiger partial charge in [-0.2, -0.15) is 4.98 Å². The average molecular weight is 228 g/mol. The van der Waals surface area contributed by atoms with Gasteiger partial charge in [0.1, 0.15) is 12.9 Å². The molecule has 2 N–H and O–H groups in total. The van der Waals surface area contributed by atoms with Crippen molar-refractivity contribution in [3.05, 3.63) is 16.4 Å². The molecular weight excluding hydrogens is 216 g/mol. The minimum atomic E-state index is -0.675. The zero-order chi connectivity index (χ0) is 12.0. The Bertz CT molecular complexity index is 371. The highest BCUT2D eigenvalue weighted by Gasteiger charge is 2.22. The van der Waals surface area contributed by atoms with E-state index in [9.17, 15) is 10.1 Å². The SMILES string of the molecule is CCOCCOc1ncnc(N)c1[N+](=O)[O-]. The summed E-state index contributed by atoms with van der Waals surface area (Å²) in [4.78, 5) is 17.2. The smallest absolute Gasteiger partial charge is 0.372 e. The summed E-state index contributed by atoms with van der Waals surface area (Å²) in [6, 6.07) is 0. The van der Waals surface area contributed by atoms with Crippen LogP contribution in [0.15, 0.2) is 6.33 Å². The van der Waals surface area contributed by atoms with E-state index in [1.807, 2.05) is 6.92 Å². The molecule has 0 saturated heterocycles. The van der Waals surface area contributed by atoms with Crippen LogP contribution in [0.5, 0.6) is 5.88 Å². The predicted octanol–water partition coefficient (Wildman–Crippen LogP) is 0.382. The minimum absolute atomic E-state index is 0.141. The quantitative estimate of drug-likeness (QED) is 0.425. The topological polar surface area (TPSA) is 113 Å². The number of rotatable bonds is 6. The Hall–Kier alpha value is -1.96. The summed E-state index contributed by atoms with van der Waals surface area (Å²) >= 11 is 0. The highest BCUT2D eigenvalue weighted by molar-refractivity contribution is 5.57. The molecule has 1 rings (SSSR count). The lowest BCUT2D eigenvalue weighted by molar-refractivity contribution is -0.385. The summed E-state index contributed by atoms with van der Waals surface area (Å²) in [7, 11) is 0. The Kier molecular flexibility index (Phi) is 4.40. The van der Waals surface area contributed by atoms with Crippen molar-refractivity contribution in [2.24, 2.45) is 0 Å². The number of aromatic nitrogens is 2. The third kappa shape index (κ3) is 3.02. The van der Waals surface area contributed by atoms with E-state index in [2.05, 4.69) is 9.97 Å². The second kappa shape index (κ2) is 5.81. The van der Waals surface area contributed by atoms with Crippen molar-refractivity contribution in [2.75, 3.05) is 25.6 Å². The van der Waals surface area contributed by atoms with Gasteiger partial charge < -0.3 is 15.2 Å². The lowest BCUT2D eigenvalue weighted by atomic mass is 10.4. The summed E-state index contributed by atoms with van der Waals surface area (Å²) < 4.78 is 10.1. The first-order valence-electron chi connectivity index (χ1n) is 4.62. The van der Waals surface area contributed by atoms with Gasteiger partial charge in [-0.25, -0.2) is 4.98 Å². The molecule has 0 aliphatic carbocycles. The molecule has 0 aliphatic rings. The molecule has 0 aliphatic heterocycles. The number of hydrogen-bond donors (Lipinski definition) is 1. The Morgan fingerprint density at radius 2 is 2.25 bits per heavy atom. The van der Waals surface area contributed by atoms with Crippen LogP contribution in [0.25, 0.3) is 0 Å². The highest BCUT2D eigenvalue weighted by Crippen LogP contribution is 2.28. The molecule has 0 fully saturated rings. The van der Waals surface area contributed by atoms with E-state index in [0.29, 0.717) is 13.2 Å². The Morgan fingerprint density at radius 3 is 2.88 bits per heavy atom. The van der Waals surface area contributed by atoms with E-state index < -0.39 is 10.6 Å². The maximum Gasteiger partial charge on any atom is 0.372 e. The first-order valence-corrected chi connectivity index (χ1v) is 4.62. The van der Waals surface area contributed by atoms with Crippen molar-refractivity contribution >= 4 is 11.5 Å². The Labute approximate surface area is 91.6 Å². The van der Waals surface area contributed by atoms with Crippen LogP contribution in [-0.4, -0.2) is 34.7 Å². The number of hydrogen-bond acceptors (Lipinski definition) is 7. The van der Waals surface area contributed by atoms with Crippen molar-refractivity contribution in [3.8, 4) is 5.88 Å². The van der Waals surface area contributed by atoms with Gasteiger partial charge in [0.25, 0.3) is 5.88 Å². The molecule has 8 heteroatoms. The number of ether oxygens (including phenoxy) is 2. The van der Waals surface area contributed by atoms with Crippen LogP contribution in [-0.2, 0) is 4.74 Å². The predicted molar refractivity (Wildman–Crippen MR) is 55.1 cm³/mol. The van der Waals surface area contributed by atoms with Crippen molar-refractivity contribution in [3.63, 3.8) is 0 Å². The van der Waals surface area contributed by atoms with Gasteiger partial charge in [-0.15, -0.1) is 0 Å². The van der Waals surface area contributed by atoms with Crippen molar-refractivity contribution < 1.29 is 14.4 Å². The molecule has 0 bridgehead atoms. The van der Waals surface area contributed by atoms with Gasteiger partial charge in [0.2, 0.25) is 5.82 Å². The fourth-order valence-electron chi connectivity index (χ4n) is 0.994. The maximum atomic E-state index is 10.7. The van der Waals surface area contributed by atoms with Crippen LogP contribution in [0.2, 0.25) is 0 Å². The summed E-state index contributed by atoms with van der Waals surface area (Å²) in [5, 5.41) is 10.7. The average Bonchev–Trinajstić information content (AvgIpc) is 2.24. The van der Waals surface area contributed by atoms with Crippen LogP contribution < -0.4 is 10.5 Å². The van der Waals surface area contributed by atoms with Gasteiger partial charge in [0.05, 0.1) is 11.5 Å². The fourth-order valence-corrected chi connectivity index (χ4v) is 0.994. The van der Waals surface area contributed by atoms with Crippen LogP contribution >= 0.6 is 0 Å². The summed E-state index contributed by atoms with van der Waals surface area (Å²) in [5.74, 6) is -0.358. The van der Waals surface area contributed by atoms with Gasteiger partial charge in [0, 0.05) is 6.61 Å². The molecule has 0 unspecified atom stereocenters. The third-order valence-electron chi connectivity index (χ3n) is 1.67. The molecule has 0 aromatic carbocycles. The highest BCUT2D eigenvalue weighted by atomic mass is 16.6. The molecule has 8 nitrogen and oxygen atoms in total. The third-order valence-corrected chi connectivity index (χ3v) is 1.67. The number of nitrogens with two attached hydrogens (primary N) is 1. The first kappa shape index (κ1) is 12.1. The van der Waals surface area contributed by atoms with Gasteiger partial charge >= 0.3 is 5.69 Å². The minimum Gasteiger partial charge on any atom is -0.470 e. The second-order valence-electron chi connectivity index (χ2n) is 2.72. The van der Waals surface area contributed by atoms with Crippen LogP contribution in [0.3, 0.4) is 0 Å². The molecule has 0 amide bonds. The van der Waals surface area contributed by atoms with Crippen LogP contribution in [0, 0.1) is 10.1 Å². The summed E-state index contributed by atoms with van der Waals surface area (Å²) in [5.41, 5.74) is 4.93. The zero-order valence-corrected chi connectivity index (χ0v) is 8.75. The first-order chi connectivity index (χ1) is 7.66. The van der Waals surface area contributed by atoms with Crippen LogP contribution in [0.1, 0.15) is 6.92 Å². The van der Waals surface area contributed by atoms with Gasteiger partial charge in [-0.1, -0.05) is 0 Å². The largest absolute Gasteiger partial charge is 0.470 e. The second-order valence-corrected chi connectivity index (χ2v) is 2.72. The van der Waals surface area contributed by atoms with E-state index in [4.69, 9.17) is 15.2 Å². The monoisotopic (exact) mass is 228 g/mol. The number of nitrogens with zero attached hydrogens (tertiary/aromatic N) is 3. The Balaban J connectivity index is 2.71. The molecule has 1 aromatic rings. The standard InChI is InChI=1S/C8H12N4O4/c1-2-15-3-4-16-8-6(12(13)14)7(9)10-5-11-8/h5H,2-4H2,1H3,(H2,9,10,11). The molecule has 16 heavy (non-hydrogen) atoms. The molecular formula is C8H12N4O4. The van der Waals surface area contributed by atoms with E-state index in [0.717, 1.165) is 6.33 Å². The molecule has 0 saturated carbocycles. The van der Waals surface area contributed by atoms with E-state index in [1.54, 1.807) is 0 Å². The van der Waals surface area contributed by atoms with Crippen LogP contribution in [0.4, 0.5) is 11.5 Å². The lowest BCUT2D eigenvalue weighted by Gasteiger charge is -2.05. The zero-order valence-electron chi connectivity index (χ0n) is 8.75. The summed E-state index contributed by atoms with van der Waals surface area (Å²) in [6.07, 6.45) is 1.11. The normalized spacial score (nSPS) is 10.1. The van der Waals surface area contributed by atoms with Gasteiger partial charge in [-0.05, 0) is 6.92 Å². The van der Waals surface area contributed by atoms with Crippen molar-refractivity contribution in [1.82, 2.24) is 9.97 Å². The summed E-state index contributed by atoms with van der Waals surface area (Å²) in [6.45, 7) is 2.89. The molecule has 0 radical (unpaired) electrons. The van der Waals surface area contributed by atoms with Gasteiger partial charge in [-0.3, -0.25) is 10.1 Å². The van der Waals surface area contributed by atoms with E-state index in [-0.39, 0.29) is 18.3 Å². The van der Waals surface area contributed by atoms with Crippen molar-refractivity contribution in [2.45, 2.75) is 6.92 Å². The molecule has 1 aromatic heterocycles. The Morgan fingerprint density at radius 1 is 1.50 bits per heavy atom. The number of nitrogen functional groups attached to an aromatic ring is 1. The van der Waals surface area contributed by atoms with Crippen molar-refractivity contribution in [1.29, 1.82) is 0 Å². The lowest BCUT2D eigenvalue weighted by Crippen LogP contribution is -2.10. The van der Waals surface area contributed by atoms with E-state index >= 15 is 0 Å². The number of nitro groups is 1. The van der Waals surface area contributed by atoms with Gasteiger partial charge in [0.15, 0.2) is 0 Å².